The molecule has 1 saturated heterocycles. The van der Waals surface area contributed by atoms with Gasteiger partial charge >= 0.3 is 0 Å². The van der Waals surface area contributed by atoms with Crippen LogP contribution in [0.25, 0.3) is 0 Å². The molecule has 1 fully saturated rings. The maximum atomic E-state index is 5.38. The van der Waals surface area contributed by atoms with Gasteiger partial charge in [0.2, 0.25) is 0 Å². The normalized spacial score (nSPS) is 30.0. The van der Waals surface area contributed by atoms with Crippen molar-refractivity contribution in [2.75, 3.05) is 7.05 Å². The Bertz CT molecular complexity index is 255. The average Bonchev–Trinajstić information content (AvgIpc) is 2.10. The molecule has 0 bridgehead atoms. The molecule has 5 heteroatoms. The maximum absolute atomic E-state index is 5.38. The number of rotatable bonds is 1. The van der Waals surface area contributed by atoms with E-state index >= 15 is 0 Å². The molecule has 106 valence electrons. The van der Waals surface area contributed by atoms with Crippen LogP contribution in [0.2, 0.25) is 0 Å². The smallest absolute Gasteiger partial charge is 0.132 e. The van der Waals surface area contributed by atoms with Crippen LogP contribution in [-0.4, -0.2) is 23.7 Å². The summed E-state index contributed by atoms with van der Waals surface area (Å²) >= 11 is 0. The predicted molar refractivity (Wildman–Crippen MR) is 77.6 cm³/mol. The first-order chi connectivity index (χ1) is 6.58. The molecular weight excluding hydrogens is 259 g/mol. The molecule has 0 radical (unpaired) electrons. The molecule has 0 aromatic carbocycles. The Hall–Kier alpha value is 0.460. The summed E-state index contributed by atoms with van der Waals surface area (Å²) in [6.45, 7) is 13.8. The number of piperidine rings is 1. The van der Waals surface area contributed by atoms with E-state index < -0.39 is 0 Å². The van der Waals surface area contributed by atoms with Crippen molar-refractivity contribution >= 4 is 24.8 Å². The van der Waals surface area contributed by atoms with Gasteiger partial charge in [0.15, 0.2) is 0 Å². The molecule has 0 aromatic rings. The molecule has 1 heterocycles. The molecule has 1 aliphatic rings. The lowest BCUT2D eigenvalue weighted by atomic mass is 9.54. The van der Waals surface area contributed by atoms with E-state index in [1.165, 1.54) is 0 Å². The lowest BCUT2D eigenvalue weighted by Gasteiger charge is -2.62. The third-order valence-corrected chi connectivity index (χ3v) is 5.38. The van der Waals surface area contributed by atoms with Gasteiger partial charge in [-0.25, -0.2) is 5.90 Å². The zero-order chi connectivity index (χ0) is 12.1. The minimum Gasteiger partial charge on any atom is -0.286 e. The lowest BCUT2D eigenvalue weighted by molar-refractivity contribution is -0.208. The fourth-order valence-electron chi connectivity index (χ4n) is 2.60. The van der Waals surface area contributed by atoms with Gasteiger partial charge in [-0.1, -0.05) is 27.7 Å². The lowest BCUT2D eigenvalue weighted by Crippen LogP contribution is -2.66. The van der Waals surface area contributed by atoms with Crippen LogP contribution >= 0.6 is 24.8 Å². The Balaban J connectivity index is 0. The third kappa shape index (κ3) is 2.74. The molecular formula is C12H28Cl2N2O. The Labute approximate surface area is 118 Å². The van der Waals surface area contributed by atoms with Crippen molar-refractivity contribution in [3.05, 3.63) is 0 Å². The van der Waals surface area contributed by atoms with E-state index in [1.807, 2.05) is 0 Å². The fraction of sp³-hybridized carbons (Fsp3) is 1.00. The van der Waals surface area contributed by atoms with Gasteiger partial charge in [-0.2, -0.15) is 0 Å². The highest BCUT2D eigenvalue weighted by atomic mass is 35.5. The summed E-state index contributed by atoms with van der Waals surface area (Å²) in [7, 11) is 2.09. The zero-order valence-electron chi connectivity index (χ0n) is 12.0. The number of hydrogen-bond acceptors (Lipinski definition) is 3. The summed E-state index contributed by atoms with van der Waals surface area (Å²) in [6.07, 6.45) is 0.985. The van der Waals surface area contributed by atoms with Crippen molar-refractivity contribution in [2.24, 2.45) is 16.7 Å². The molecule has 1 unspecified atom stereocenters. The topological polar surface area (TPSA) is 38.5 Å². The SMILES string of the molecule is CN1C(ON)CC(C)(C)C(C)(C)C1(C)C.Cl.Cl. The standard InChI is InChI=1S/C12H26N2O.2ClH/c1-10(2)8-9(15-13)14(7)12(5,6)11(10,3)4;;/h9H,8,13H2,1-7H3;2*1H. The molecule has 0 aliphatic carbocycles. The van der Waals surface area contributed by atoms with Crippen LogP contribution in [0, 0.1) is 10.8 Å². The summed E-state index contributed by atoms with van der Waals surface area (Å²) < 4.78 is 0. The van der Waals surface area contributed by atoms with Crippen LogP contribution < -0.4 is 5.90 Å². The highest BCUT2D eigenvalue weighted by molar-refractivity contribution is 5.85. The predicted octanol–water partition coefficient (Wildman–Crippen LogP) is 3.21. The highest BCUT2D eigenvalue weighted by Crippen LogP contribution is 2.55. The molecule has 0 amide bonds. The summed E-state index contributed by atoms with van der Waals surface area (Å²) in [5, 5.41) is 0. The molecule has 1 aliphatic heterocycles. The van der Waals surface area contributed by atoms with Crippen LogP contribution in [0.5, 0.6) is 0 Å². The molecule has 1 atom stereocenters. The van der Waals surface area contributed by atoms with E-state index in [0.29, 0.717) is 0 Å². The second-order valence-corrected chi connectivity index (χ2v) is 6.47. The first-order valence-corrected chi connectivity index (χ1v) is 5.66. The zero-order valence-corrected chi connectivity index (χ0v) is 13.7. The van der Waals surface area contributed by atoms with Crippen LogP contribution in [-0.2, 0) is 4.84 Å². The Morgan fingerprint density at radius 3 is 1.82 bits per heavy atom. The molecule has 0 saturated carbocycles. The van der Waals surface area contributed by atoms with Crippen molar-refractivity contribution < 1.29 is 4.84 Å². The number of nitrogens with zero attached hydrogens (tertiary/aromatic N) is 1. The summed E-state index contributed by atoms with van der Waals surface area (Å²) in [4.78, 5) is 7.34. The van der Waals surface area contributed by atoms with Crippen molar-refractivity contribution in [1.29, 1.82) is 0 Å². The van der Waals surface area contributed by atoms with Crippen LogP contribution in [0.1, 0.15) is 48.0 Å². The molecule has 3 nitrogen and oxygen atoms in total. The van der Waals surface area contributed by atoms with Crippen molar-refractivity contribution in [2.45, 2.75) is 59.7 Å². The van der Waals surface area contributed by atoms with Gasteiger partial charge in [-0.15, -0.1) is 24.8 Å². The quantitative estimate of drug-likeness (QED) is 0.753. The van der Waals surface area contributed by atoms with Gasteiger partial charge in [-0.3, -0.25) is 9.74 Å². The van der Waals surface area contributed by atoms with E-state index in [-0.39, 0.29) is 47.4 Å². The van der Waals surface area contributed by atoms with E-state index in [2.05, 4.69) is 53.5 Å². The van der Waals surface area contributed by atoms with Gasteiger partial charge in [0, 0.05) is 5.54 Å². The maximum Gasteiger partial charge on any atom is 0.132 e. The first kappa shape index (κ1) is 19.8. The van der Waals surface area contributed by atoms with Gasteiger partial charge < -0.3 is 0 Å². The average molecular weight is 287 g/mol. The summed E-state index contributed by atoms with van der Waals surface area (Å²) in [5.41, 5.74) is 0.496. The Kier molecular flexibility index (Phi) is 6.54. The van der Waals surface area contributed by atoms with Crippen molar-refractivity contribution in [3.8, 4) is 0 Å². The minimum atomic E-state index is 0. The number of nitrogens with two attached hydrogens (primary N) is 1. The van der Waals surface area contributed by atoms with Crippen molar-refractivity contribution in [3.63, 3.8) is 0 Å². The molecule has 17 heavy (non-hydrogen) atoms. The minimum absolute atomic E-state index is 0. The molecule has 0 aromatic heterocycles. The van der Waals surface area contributed by atoms with E-state index in [9.17, 15) is 0 Å². The van der Waals surface area contributed by atoms with Gasteiger partial charge in [0.1, 0.15) is 6.23 Å². The third-order valence-electron chi connectivity index (χ3n) is 5.38. The number of hydrogen-bond donors (Lipinski definition) is 1. The van der Waals surface area contributed by atoms with E-state index in [0.717, 1.165) is 6.42 Å². The monoisotopic (exact) mass is 286 g/mol. The van der Waals surface area contributed by atoms with Crippen molar-refractivity contribution in [1.82, 2.24) is 4.90 Å². The second-order valence-electron chi connectivity index (χ2n) is 6.47. The van der Waals surface area contributed by atoms with Gasteiger partial charge in [-0.05, 0) is 38.1 Å². The number of likely N-dealkylation sites (tertiary alicyclic amines) is 1. The largest absolute Gasteiger partial charge is 0.286 e. The van der Waals surface area contributed by atoms with E-state index in [1.54, 1.807) is 0 Å². The van der Waals surface area contributed by atoms with Crippen LogP contribution in [0.15, 0.2) is 0 Å². The van der Waals surface area contributed by atoms with Gasteiger partial charge in [0.25, 0.3) is 0 Å². The molecule has 0 spiro atoms. The van der Waals surface area contributed by atoms with Crippen LogP contribution in [0.4, 0.5) is 0 Å². The Morgan fingerprint density at radius 2 is 1.47 bits per heavy atom. The molecule has 2 N–H and O–H groups in total. The first-order valence-electron chi connectivity index (χ1n) is 5.66. The number of halogens is 2. The highest BCUT2D eigenvalue weighted by Gasteiger charge is 2.56. The van der Waals surface area contributed by atoms with Gasteiger partial charge in [0.05, 0.1) is 0 Å². The van der Waals surface area contributed by atoms with E-state index in [4.69, 9.17) is 10.7 Å². The fourth-order valence-corrected chi connectivity index (χ4v) is 2.60. The summed E-state index contributed by atoms with van der Waals surface area (Å²) in [5.74, 6) is 5.38. The second kappa shape index (κ2) is 5.62. The van der Waals surface area contributed by atoms with Crippen LogP contribution in [0.3, 0.4) is 0 Å². The Morgan fingerprint density at radius 1 is 1.06 bits per heavy atom. The molecule has 1 rings (SSSR count). The summed E-state index contributed by atoms with van der Waals surface area (Å²) in [6, 6.07) is 0.